The largest absolute Gasteiger partial charge is 0.300 e. The van der Waals surface area contributed by atoms with Crippen LogP contribution in [0.25, 0.3) is 10.8 Å². The van der Waals surface area contributed by atoms with Gasteiger partial charge in [0.25, 0.3) is 0 Å². The number of ketones is 1. The number of aryl methyl sites for hydroxylation is 1. The summed E-state index contributed by atoms with van der Waals surface area (Å²) in [5.41, 5.74) is 1.77. The molecule has 0 spiro atoms. The lowest BCUT2D eigenvalue weighted by atomic mass is 10.0. The predicted octanol–water partition coefficient (Wildman–Crippen LogP) is 5.16. The molecule has 0 aliphatic carbocycles. The van der Waals surface area contributed by atoms with E-state index in [1.165, 1.54) is 12.5 Å². The van der Waals surface area contributed by atoms with E-state index >= 15 is 0 Å². The summed E-state index contributed by atoms with van der Waals surface area (Å²) in [7, 11) is 0. The molecule has 0 N–H and O–H groups in total. The molecule has 0 radical (unpaired) electrons. The van der Waals surface area contributed by atoms with Gasteiger partial charge >= 0.3 is 0 Å². The third-order valence-corrected chi connectivity index (χ3v) is 2.85. The molecule has 2 aromatic carbocycles. The normalized spacial score (nSPS) is 11.6. The first-order valence-electron chi connectivity index (χ1n) is 6.70. The zero-order valence-corrected chi connectivity index (χ0v) is 12.0. The molecular weight excluding hydrogens is 239 g/mol. The number of benzene rings is 2. The van der Waals surface area contributed by atoms with Crippen molar-refractivity contribution in [2.45, 2.75) is 40.3 Å². The number of carbonyl (C=O) groups excluding carboxylic acids is 1. The van der Waals surface area contributed by atoms with Crippen LogP contribution in [0.3, 0.4) is 0 Å². The molecule has 1 atom stereocenters. The highest BCUT2D eigenvalue weighted by atomic mass is 19.1. The van der Waals surface area contributed by atoms with Crippen molar-refractivity contribution < 1.29 is 9.18 Å². The number of carbonyl (C=O) groups is 1. The number of Topliss-reactive ketones (excluding diaryl/α,β-unsaturated/α-hetero) is 1. The summed E-state index contributed by atoms with van der Waals surface area (Å²) in [5.74, 6) is -0.124. The van der Waals surface area contributed by atoms with E-state index in [4.69, 9.17) is 0 Å². The van der Waals surface area contributed by atoms with E-state index in [-0.39, 0.29) is 12.2 Å². The second kappa shape index (κ2) is 7.03. The molecule has 0 aliphatic rings. The molecule has 0 aliphatic heterocycles. The van der Waals surface area contributed by atoms with Gasteiger partial charge in [-0.15, -0.1) is 0 Å². The van der Waals surface area contributed by atoms with Gasteiger partial charge in [0, 0.05) is 6.42 Å². The maximum atomic E-state index is 13.8. The van der Waals surface area contributed by atoms with Crippen molar-refractivity contribution in [2.75, 3.05) is 0 Å². The van der Waals surface area contributed by atoms with Gasteiger partial charge in [-0.25, -0.2) is 4.39 Å². The van der Waals surface area contributed by atoms with Gasteiger partial charge in [-0.1, -0.05) is 49.7 Å². The average Bonchev–Trinajstić information content (AvgIpc) is 2.39. The topological polar surface area (TPSA) is 17.1 Å². The summed E-state index contributed by atoms with van der Waals surface area (Å²) in [6.07, 6.45) is -1.24. The third kappa shape index (κ3) is 4.16. The fraction of sp³-hybridized carbons (Fsp3) is 0.353. The Morgan fingerprint density at radius 1 is 1.11 bits per heavy atom. The van der Waals surface area contributed by atoms with Crippen LogP contribution in [0.4, 0.5) is 4.39 Å². The lowest BCUT2D eigenvalue weighted by Crippen LogP contribution is -1.98. The van der Waals surface area contributed by atoms with Gasteiger partial charge in [0.1, 0.15) is 12.0 Å². The van der Waals surface area contributed by atoms with E-state index in [1.54, 1.807) is 6.07 Å². The molecule has 0 saturated heterocycles. The summed E-state index contributed by atoms with van der Waals surface area (Å²) < 4.78 is 13.8. The van der Waals surface area contributed by atoms with Crippen LogP contribution in [0.15, 0.2) is 36.4 Å². The van der Waals surface area contributed by atoms with Crippen LogP contribution < -0.4 is 0 Å². The molecule has 2 heteroatoms. The molecule has 2 aromatic rings. The Labute approximate surface area is 114 Å². The Bertz CT molecular complexity index is 560. The van der Waals surface area contributed by atoms with Crippen LogP contribution in [0.5, 0.6) is 0 Å². The molecule has 0 amide bonds. The summed E-state index contributed by atoms with van der Waals surface area (Å²) in [5, 5.41) is 2.11. The van der Waals surface area contributed by atoms with Gasteiger partial charge in [-0.05, 0) is 36.2 Å². The van der Waals surface area contributed by atoms with Crippen LogP contribution in [0.2, 0.25) is 0 Å². The van der Waals surface area contributed by atoms with Crippen LogP contribution >= 0.6 is 0 Å². The van der Waals surface area contributed by atoms with Crippen LogP contribution in [-0.2, 0) is 4.79 Å². The maximum Gasteiger partial charge on any atom is 0.133 e. The highest BCUT2D eigenvalue weighted by Gasteiger charge is 2.12. The molecule has 1 unspecified atom stereocenters. The SMILES string of the molecule is CC.CC(=O)CC(F)c1ccc2cc(C)ccc2c1. The van der Waals surface area contributed by atoms with Gasteiger partial charge in [0.15, 0.2) is 0 Å². The third-order valence-electron chi connectivity index (χ3n) is 2.85. The molecule has 1 nitrogen and oxygen atoms in total. The van der Waals surface area contributed by atoms with E-state index < -0.39 is 6.17 Å². The fourth-order valence-corrected chi connectivity index (χ4v) is 1.95. The second-order valence-corrected chi connectivity index (χ2v) is 4.48. The standard InChI is InChI=1S/C15H15FO.C2H6/c1-10-3-4-13-9-14(6-5-12(13)7-10)15(16)8-11(2)17;1-2/h3-7,9,15H,8H2,1-2H3;1-2H3. The molecule has 0 saturated carbocycles. The first-order chi connectivity index (χ1) is 9.06. The highest BCUT2D eigenvalue weighted by molar-refractivity contribution is 5.84. The van der Waals surface area contributed by atoms with Crippen molar-refractivity contribution in [3.05, 3.63) is 47.5 Å². The first-order valence-corrected chi connectivity index (χ1v) is 6.70. The van der Waals surface area contributed by atoms with Crippen molar-refractivity contribution in [1.82, 2.24) is 0 Å². The molecule has 0 aromatic heterocycles. The number of hydrogen-bond acceptors (Lipinski definition) is 1. The van der Waals surface area contributed by atoms with Crippen molar-refractivity contribution in [3.8, 4) is 0 Å². The Morgan fingerprint density at radius 2 is 1.68 bits per heavy atom. The Hall–Kier alpha value is -1.70. The summed E-state index contributed by atoms with van der Waals surface area (Å²) in [6.45, 7) is 7.44. The molecule has 19 heavy (non-hydrogen) atoms. The Morgan fingerprint density at radius 3 is 2.32 bits per heavy atom. The number of alkyl halides is 1. The fourth-order valence-electron chi connectivity index (χ4n) is 1.95. The van der Waals surface area contributed by atoms with Crippen molar-refractivity contribution in [3.63, 3.8) is 0 Å². The minimum atomic E-state index is -1.20. The van der Waals surface area contributed by atoms with Gasteiger partial charge in [0.2, 0.25) is 0 Å². The van der Waals surface area contributed by atoms with Crippen molar-refractivity contribution in [2.24, 2.45) is 0 Å². The maximum absolute atomic E-state index is 13.8. The molecule has 0 bridgehead atoms. The average molecular weight is 260 g/mol. The summed E-state index contributed by atoms with van der Waals surface area (Å²) >= 11 is 0. The van der Waals surface area contributed by atoms with Crippen LogP contribution in [0, 0.1) is 6.92 Å². The molecule has 0 heterocycles. The van der Waals surface area contributed by atoms with E-state index in [1.807, 2.05) is 45.0 Å². The molecule has 0 fully saturated rings. The van der Waals surface area contributed by atoms with Gasteiger partial charge in [-0.2, -0.15) is 0 Å². The summed E-state index contributed by atoms with van der Waals surface area (Å²) in [6, 6.07) is 11.5. The number of fused-ring (bicyclic) bond motifs is 1. The predicted molar refractivity (Wildman–Crippen MR) is 79.2 cm³/mol. The molecule has 2 rings (SSSR count). The van der Waals surface area contributed by atoms with Crippen LogP contribution in [-0.4, -0.2) is 5.78 Å². The second-order valence-electron chi connectivity index (χ2n) is 4.48. The Kier molecular flexibility index (Phi) is 5.68. The zero-order valence-electron chi connectivity index (χ0n) is 12.0. The monoisotopic (exact) mass is 260 g/mol. The minimum Gasteiger partial charge on any atom is -0.300 e. The first kappa shape index (κ1) is 15.4. The smallest absolute Gasteiger partial charge is 0.133 e. The van der Waals surface area contributed by atoms with Gasteiger partial charge in [0.05, 0.1) is 0 Å². The van der Waals surface area contributed by atoms with E-state index in [0.29, 0.717) is 5.56 Å². The summed E-state index contributed by atoms with van der Waals surface area (Å²) in [4.78, 5) is 10.9. The zero-order chi connectivity index (χ0) is 14.4. The number of hydrogen-bond donors (Lipinski definition) is 0. The number of rotatable bonds is 3. The molecular formula is C17H21FO. The highest BCUT2D eigenvalue weighted by Crippen LogP contribution is 2.26. The van der Waals surface area contributed by atoms with Gasteiger partial charge in [-0.3, -0.25) is 4.79 Å². The number of halogens is 1. The Balaban J connectivity index is 0.000000861. The van der Waals surface area contributed by atoms with E-state index in [9.17, 15) is 9.18 Å². The van der Waals surface area contributed by atoms with E-state index in [2.05, 4.69) is 6.07 Å². The lowest BCUT2D eigenvalue weighted by Gasteiger charge is -2.08. The quantitative estimate of drug-likeness (QED) is 0.744. The van der Waals surface area contributed by atoms with Crippen molar-refractivity contribution in [1.29, 1.82) is 0 Å². The van der Waals surface area contributed by atoms with Crippen molar-refractivity contribution >= 4 is 16.6 Å². The lowest BCUT2D eigenvalue weighted by molar-refractivity contribution is -0.118. The van der Waals surface area contributed by atoms with E-state index in [0.717, 1.165) is 10.8 Å². The minimum absolute atomic E-state index is 0.0443. The van der Waals surface area contributed by atoms with Gasteiger partial charge < -0.3 is 0 Å². The van der Waals surface area contributed by atoms with Crippen LogP contribution in [0.1, 0.15) is 44.5 Å². The molecule has 102 valence electrons.